The lowest BCUT2D eigenvalue weighted by Gasteiger charge is -2.32. The van der Waals surface area contributed by atoms with Crippen molar-refractivity contribution in [3.05, 3.63) is 11.2 Å². The summed E-state index contributed by atoms with van der Waals surface area (Å²) < 4.78 is 0. The van der Waals surface area contributed by atoms with E-state index in [-0.39, 0.29) is 5.91 Å². The van der Waals surface area contributed by atoms with Gasteiger partial charge in [-0.05, 0) is 19.3 Å². The summed E-state index contributed by atoms with van der Waals surface area (Å²) in [6, 6.07) is 2.32. The lowest BCUT2D eigenvalue weighted by Crippen LogP contribution is -2.34. The lowest BCUT2D eigenvalue weighted by atomic mass is 9.94. The molecule has 7 heteroatoms. The number of carbonyl (C=O) groups is 1. The number of unbranched alkanes of at least 4 members (excludes halogenated alkanes) is 2. The number of aromatic nitrogens is 2. The number of halogens is 1. The number of hydrogen-bond donors (Lipinski definition) is 1. The summed E-state index contributed by atoms with van der Waals surface area (Å²) in [4.78, 5) is 23.0. The highest BCUT2D eigenvalue weighted by Crippen LogP contribution is 2.27. The third kappa shape index (κ3) is 7.02. The van der Waals surface area contributed by atoms with Crippen LogP contribution >= 0.6 is 23.4 Å². The predicted molar refractivity (Wildman–Crippen MR) is 106 cm³/mol. The zero-order chi connectivity index (χ0) is 18.1. The van der Waals surface area contributed by atoms with Gasteiger partial charge in [0.15, 0.2) is 5.16 Å². The molecule has 1 aromatic rings. The Morgan fingerprint density at radius 1 is 1.32 bits per heavy atom. The minimum absolute atomic E-state index is 0.0202. The Morgan fingerprint density at radius 2 is 2.08 bits per heavy atom. The molecule has 1 saturated carbocycles. The van der Waals surface area contributed by atoms with Crippen molar-refractivity contribution < 1.29 is 4.79 Å². The van der Waals surface area contributed by atoms with E-state index in [0.717, 1.165) is 31.6 Å². The maximum Gasteiger partial charge on any atom is 0.230 e. The van der Waals surface area contributed by atoms with Crippen LogP contribution in [-0.4, -0.2) is 41.3 Å². The van der Waals surface area contributed by atoms with Gasteiger partial charge in [0, 0.05) is 25.7 Å². The SMILES string of the molecule is CCCCCNC(=O)CSc1nc(Cl)cc(N(C)C2CCCCC2)n1. The quantitative estimate of drug-likeness (QED) is 0.298. The van der Waals surface area contributed by atoms with Gasteiger partial charge in [-0.2, -0.15) is 0 Å². The van der Waals surface area contributed by atoms with Crippen molar-refractivity contribution in [1.29, 1.82) is 0 Å². The Kier molecular flexibility index (Phi) is 8.82. The van der Waals surface area contributed by atoms with Gasteiger partial charge in [-0.3, -0.25) is 4.79 Å². The summed E-state index contributed by atoms with van der Waals surface area (Å²) in [5, 5.41) is 3.93. The molecular formula is C18H29ClN4OS. The Bertz CT molecular complexity index is 552. The van der Waals surface area contributed by atoms with Crippen molar-refractivity contribution >= 4 is 35.1 Å². The largest absolute Gasteiger partial charge is 0.357 e. The van der Waals surface area contributed by atoms with Crippen LogP contribution in [0.1, 0.15) is 58.3 Å². The zero-order valence-corrected chi connectivity index (χ0v) is 16.8. The van der Waals surface area contributed by atoms with Gasteiger partial charge in [0.1, 0.15) is 11.0 Å². The van der Waals surface area contributed by atoms with E-state index in [2.05, 4.69) is 34.2 Å². The molecule has 2 rings (SSSR count). The van der Waals surface area contributed by atoms with E-state index in [1.54, 1.807) is 0 Å². The Balaban J connectivity index is 1.88. The van der Waals surface area contributed by atoms with Gasteiger partial charge < -0.3 is 10.2 Å². The minimum atomic E-state index is 0.0202. The number of anilines is 1. The molecule has 0 spiro atoms. The van der Waals surface area contributed by atoms with Crippen LogP contribution in [0.4, 0.5) is 5.82 Å². The lowest BCUT2D eigenvalue weighted by molar-refractivity contribution is -0.118. The number of rotatable bonds is 9. The molecule has 1 fully saturated rings. The first kappa shape index (κ1) is 20.3. The molecule has 1 aliphatic carbocycles. The molecule has 5 nitrogen and oxygen atoms in total. The first-order valence-electron chi connectivity index (χ1n) is 9.27. The number of hydrogen-bond acceptors (Lipinski definition) is 5. The fourth-order valence-corrected chi connectivity index (χ4v) is 3.98. The molecule has 0 aliphatic heterocycles. The average molecular weight is 385 g/mol. The molecule has 0 unspecified atom stereocenters. The minimum Gasteiger partial charge on any atom is -0.357 e. The van der Waals surface area contributed by atoms with Crippen LogP contribution in [0, 0.1) is 0 Å². The highest BCUT2D eigenvalue weighted by molar-refractivity contribution is 7.99. The highest BCUT2D eigenvalue weighted by Gasteiger charge is 2.20. The number of amides is 1. The molecule has 1 N–H and O–H groups in total. The van der Waals surface area contributed by atoms with Crippen LogP contribution in [-0.2, 0) is 4.79 Å². The van der Waals surface area contributed by atoms with E-state index >= 15 is 0 Å². The normalized spacial score (nSPS) is 15.2. The Hall–Kier alpha value is -1.01. The van der Waals surface area contributed by atoms with Crippen LogP contribution in [0.2, 0.25) is 5.15 Å². The van der Waals surface area contributed by atoms with Crippen molar-refractivity contribution in [1.82, 2.24) is 15.3 Å². The molecule has 0 radical (unpaired) electrons. The molecular weight excluding hydrogens is 356 g/mol. The van der Waals surface area contributed by atoms with Crippen molar-refractivity contribution in [2.75, 3.05) is 24.2 Å². The first-order valence-corrected chi connectivity index (χ1v) is 10.6. The van der Waals surface area contributed by atoms with E-state index in [1.807, 2.05) is 6.07 Å². The second kappa shape index (κ2) is 10.9. The molecule has 1 amide bonds. The predicted octanol–water partition coefficient (Wildman–Crippen LogP) is 4.30. The highest BCUT2D eigenvalue weighted by atomic mass is 35.5. The van der Waals surface area contributed by atoms with Crippen LogP contribution in [0.3, 0.4) is 0 Å². The zero-order valence-electron chi connectivity index (χ0n) is 15.3. The Labute approximate surface area is 160 Å². The second-order valence-electron chi connectivity index (χ2n) is 6.58. The van der Waals surface area contributed by atoms with Crippen molar-refractivity contribution in [3.8, 4) is 0 Å². The van der Waals surface area contributed by atoms with Crippen LogP contribution in [0.5, 0.6) is 0 Å². The summed E-state index contributed by atoms with van der Waals surface area (Å²) in [6.45, 7) is 2.88. The van der Waals surface area contributed by atoms with Crippen molar-refractivity contribution in [2.24, 2.45) is 0 Å². The summed E-state index contributed by atoms with van der Waals surface area (Å²) in [6.07, 6.45) is 9.57. The summed E-state index contributed by atoms with van der Waals surface area (Å²) >= 11 is 7.51. The fraction of sp³-hybridized carbons (Fsp3) is 0.722. The molecule has 0 atom stereocenters. The number of nitrogens with zero attached hydrogens (tertiary/aromatic N) is 3. The van der Waals surface area contributed by atoms with E-state index in [4.69, 9.17) is 11.6 Å². The standard InChI is InChI=1S/C18H29ClN4OS/c1-3-4-8-11-20-17(24)13-25-18-21-15(19)12-16(22-18)23(2)14-9-6-5-7-10-14/h12,14H,3-11,13H2,1-2H3,(H,20,24). The molecule has 1 aromatic heterocycles. The van der Waals surface area contributed by atoms with Crippen LogP contribution < -0.4 is 10.2 Å². The average Bonchev–Trinajstić information content (AvgIpc) is 2.63. The van der Waals surface area contributed by atoms with Gasteiger partial charge in [-0.15, -0.1) is 0 Å². The van der Waals surface area contributed by atoms with E-state index in [0.29, 0.717) is 22.1 Å². The van der Waals surface area contributed by atoms with E-state index in [1.165, 1.54) is 43.9 Å². The van der Waals surface area contributed by atoms with E-state index < -0.39 is 0 Å². The van der Waals surface area contributed by atoms with Gasteiger partial charge in [-0.1, -0.05) is 62.4 Å². The number of carbonyl (C=O) groups excluding carboxylic acids is 1. The van der Waals surface area contributed by atoms with Crippen LogP contribution in [0.25, 0.3) is 0 Å². The maximum atomic E-state index is 11.9. The smallest absolute Gasteiger partial charge is 0.230 e. The second-order valence-corrected chi connectivity index (χ2v) is 7.91. The maximum absolute atomic E-state index is 11.9. The first-order chi connectivity index (χ1) is 12.1. The molecule has 1 heterocycles. The number of nitrogens with one attached hydrogen (secondary N) is 1. The summed E-state index contributed by atoms with van der Waals surface area (Å²) in [7, 11) is 2.07. The third-order valence-electron chi connectivity index (χ3n) is 4.58. The van der Waals surface area contributed by atoms with E-state index in [9.17, 15) is 4.79 Å². The summed E-state index contributed by atoms with van der Waals surface area (Å²) in [5.41, 5.74) is 0. The molecule has 0 bridgehead atoms. The molecule has 1 aliphatic rings. The van der Waals surface area contributed by atoms with Crippen molar-refractivity contribution in [3.63, 3.8) is 0 Å². The third-order valence-corrected chi connectivity index (χ3v) is 5.62. The van der Waals surface area contributed by atoms with Crippen LogP contribution in [0.15, 0.2) is 11.2 Å². The monoisotopic (exact) mass is 384 g/mol. The molecule has 0 aromatic carbocycles. The van der Waals surface area contributed by atoms with Gasteiger partial charge in [0.25, 0.3) is 0 Å². The molecule has 140 valence electrons. The fourth-order valence-electron chi connectivity index (χ4n) is 3.07. The van der Waals surface area contributed by atoms with Crippen molar-refractivity contribution in [2.45, 2.75) is 69.5 Å². The van der Waals surface area contributed by atoms with Gasteiger partial charge >= 0.3 is 0 Å². The molecule has 25 heavy (non-hydrogen) atoms. The van der Waals surface area contributed by atoms with Gasteiger partial charge in [0.05, 0.1) is 5.75 Å². The van der Waals surface area contributed by atoms with Gasteiger partial charge in [-0.25, -0.2) is 9.97 Å². The number of thioether (sulfide) groups is 1. The summed E-state index contributed by atoms with van der Waals surface area (Å²) in [5.74, 6) is 1.18. The van der Waals surface area contributed by atoms with Gasteiger partial charge in [0.2, 0.25) is 5.91 Å². The Morgan fingerprint density at radius 3 is 2.80 bits per heavy atom. The molecule has 0 saturated heterocycles. The topological polar surface area (TPSA) is 58.1 Å².